The second-order valence-corrected chi connectivity index (χ2v) is 3.45. The Bertz CT molecular complexity index is 186. The summed E-state index contributed by atoms with van der Waals surface area (Å²) in [6.07, 6.45) is -0.506. The van der Waals surface area contributed by atoms with E-state index in [1.54, 1.807) is 13.8 Å². The van der Waals surface area contributed by atoms with Crippen molar-refractivity contribution in [1.82, 2.24) is 0 Å². The van der Waals surface area contributed by atoms with E-state index >= 15 is 0 Å². The van der Waals surface area contributed by atoms with Gasteiger partial charge in [-0.1, -0.05) is 0 Å². The predicted molar refractivity (Wildman–Crippen MR) is 46.4 cm³/mol. The van der Waals surface area contributed by atoms with Crippen molar-refractivity contribution in [3.05, 3.63) is 0 Å². The Kier molecular flexibility index (Phi) is 3.27. The monoisotopic (exact) mass is 188 g/mol. The van der Waals surface area contributed by atoms with Gasteiger partial charge in [-0.15, -0.1) is 0 Å². The number of carbonyl (C=O) groups excluding carboxylic acids is 1. The summed E-state index contributed by atoms with van der Waals surface area (Å²) < 4.78 is 15.3. The summed E-state index contributed by atoms with van der Waals surface area (Å²) in [5, 5.41) is 0. The average Bonchev–Trinajstić information content (AvgIpc) is 2.02. The molecule has 1 unspecified atom stereocenters. The van der Waals surface area contributed by atoms with E-state index in [9.17, 15) is 4.79 Å². The second-order valence-electron chi connectivity index (χ2n) is 3.45. The van der Waals surface area contributed by atoms with E-state index in [1.165, 1.54) is 0 Å². The van der Waals surface area contributed by atoms with E-state index in [1.807, 2.05) is 6.92 Å². The zero-order valence-corrected chi connectivity index (χ0v) is 8.33. The molecule has 76 valence electrons. The quantitative estimate of drug-likeness (QED) is 0.610. The molecule has 0 radical (unpaired) electrons. The van der Waals surface area contributed by atoms with Crippen molar-refractivity contribution >= 4 is 5.97 Å². The van der Waals surface area contributed by atoms with Crippen LogP contribution < -0.4 is 0 Å². The lowest BCUT2D eigenvalue weighted by atomic mass is 10.1. The molecule has 0 aliphatic carbocycles. The molecule has 0 spiro atoms. The molecule has 0 amide bonds. The van der Waals surface area contributed by atoms with Gasteiger partial charge in [0.05, 0.1) is 19.8 Å². The van der Waals surface area contributed by atoms with Gasteiger partial charge in [0.15, 0.2) is 6.10 Å². The molecule has 0 N–H and O–H groups in total. The molecule has 0 saturated carbocycles. The van der Waals surface area contributed by atoms with Crippen LogP contribution in [0.25, 0.3) is 0 Å². The van der Waals surface area contributed by atoms with Crippen molar-refractivity contribution in [2.24, 2.45) is 0 Å². The maximum absolute atomic E-state index is 11.2. The van der Waals surface area contributed by atoms with Crippen LogP contribution in [0.4, 0.5) is 0 Å². The van der Waals surface area contributed by atoms with Gasteiger partial charge in [-0.3, -0.25) is 0 Å². The van der Waals surface area contributed by atoms with Crippen LogP contribution in [0.3, 0.4) is 0 Å². The van der Waals surface area contributed by atoms with Gasteiger partial charge in [-0.05, 0) is 20.8 Å². The SMILES string of the molecule is CCOC(=O)C(C)OC1(C)COC1. The molecular weight excluding hydrogens is 172 g/mol. The topological polar surface area (TPSA) is 44.8 Å². The summed E-state index contributed by atoms with van der Waals surface area (Å²) in [7, 11) is 0. The maximum Gasteiger partial charge on any atom is 0.334 e. The summed E-state index contributed by atoms with van der Waals surface area (Å²) in [5.74, 6) is -0.310. The molecule has 1 rings (SSSR count). The Morgan fingerprint density at radius 1 is 1.62 bits per heavy atom. The first-order valence-corrected chi connectivity index (χ1v) is 4.49. The molecule has 0 aromatic rings. The molecule has 13 heavy (non-hydrogen) atoms. The van der Waals surface area contributed by atoms with E-state index < -0.39 is 6.10 Å². The Morgan fingerprint density at radius 3 is 2.62 bits per heavy atom. The molecule has 0 bridgehead atoms. The minimum Gasteiger partial charge on any atom is -0.464 e. The fourth-order valence-electron chi connectivity index (χ4n) is 1.19. The Balaban J connectivity index is 2.31. The van der Waals surface area contributed by atoms with Crippen LogP contribution in [0.5, 0.6) is 0 Å². The van der Waals surface area contributed by atoms with Gasteiger partial charge >= 0.3 is 5.97 Å². The fourth-order valence-corrected chi connectivity index (χ4v) is 1.19. The minimum atomic E-state index is -0.506. The van der Waals surface area contributed by atoms with Gasteiger partial charge in [0.1, 0.15) is 5.60 Å². The standard InChI is InChI=1S/C9H16O4/c1-4-12-8(10)7(2)13-9(3)5-11-6-9/h7H,4-6H2,1-3H3. The third-order valence-corrected chi connectivity index (χ3v) is 1.89. The van der Waals surface area contributed by atoms with Crippen LogP contribution in [-0.4, -0.2) is 37.5 Å². The van der Waals surface area contributed by atoms with Crippen molar-refractivity contribution < 1.29 is 19.0 Å². The number of carbonyl (C=O) groups is 1. The summed E-state index contributed by atoms with van der Waals surface area (Å²) in [6.45, 7) is 6.89. The van der Waals surface area contributed by atoms with Crippen LogP contribution in [0.15, 0.2) is 0 Å². The van der Waals surface area contributed by atoms with E-state index in [4.69, 9.17) is 14.2 Å². The Morgan fingerprint density at radius 2 is 2.23 bits per heavy atom. The van der Waals surface area contributed by atoms with Gasteiger partial charge in [0, 0.05) is 0 Å². The van der Waals surface area contributed by atoms with Crippen molar-refractivity contribution in [2.75, 3.05) is 19.8 Å². The molecule has 1 heterocycles. The van der Waals surface area contributed by atoms with Gasteiger partial charge in [-0.25, -0.2) is 4.79 Å². The molecule has 0 aromatic carbocycles. The summed E-state index contributed by atoms with van der Waals surface area (Å²) in [6, 6.07) is 0. The van der Waals surface area contributed by atoms with Gasteiger partial charge in [-0.2, -0.15) is 0 Å². The van der Waals surface area contributed by atoms with Crippen LogP contribution in [0.2, 0.25) is 0 Å². The highest BCUT2D eigenvalue weighted by atomic mass is 16.6. The molecular formula is C9H16O4. The van der Waals surface area contributed by atoms with Crippen molar-refractivity contribution in [1.29, 1.82) is 0 Å². The molecule has 1 atom stereocenters. The lowest BCUT2D eigenvalue weighted by Crippen LogP contribution is -2.52. The molecule has 1 fully saturated rings. The lowest BCUT2D eigenvalue weighted by molar-refractivity contribution is -0.224. The van der Waals surface area contributed by atoms with Gasteiger partial charge in [0.25, 0.3) is 0 Å². The third kappa shape index (κ3) is 2.67. The van der Waals surface area contributed by atoms with E-state index in [-0.39, 0.29) is 11.6 Å². The zero-order valence-electron chi connectivity index (χ0n) is 8.33. The highest BCUT2D eigenvalue weighted by Gasteiger charge is 2.37. The molecule has 1 saturated heterocycles. The normalized spacial score (nSPS) is 21.8. The third-order valence-electron chi connectivity index (χ3n) is 1.89. The van der Waals surface area contributed by atoms with Crippen molar-refractivity contribution in [3.63, 3.8) is 0 Å². The predicted octanol–water partition coefficient (Wildman–Crippen LogP) is 0.744. The van der Waals surface area contributed by atoms with Crippen LogP contribution >= 0.6 is 0 Å². The van der Waals surface area contributed by atoms with Crippen molar-refractivity contribution in [2.45, 2.75) is 32.5 Å². The molecule has 4 heteroatoms. The van der Waals surface area contributed by atoms with Crippen LogP contribution in [0.1, 0.15) is 20.8 Å². The maximum atomic E-state index is 11.2. The fraction of sp³-hybridized carbons (Fsp3) is 0.889. The van der Waals surface area contributed by atoms with Crippen molar-refractivity contribution in [3.8, 4) is 0 Å². The Labute approximate surface area is 78.2 Å². The summed E-state index contributed by atoms with van der Waals surface area (Å²) in [5.41, 5.74) is -0.299. The first-order valence-electron chi connectivity index (χ1n) is 4.49. The molecule has 0 aromatic heterocycles. The number of hydrogen-bond donors (Lipinski definition) is 0. The number of ether oxygens (including phenoxy) is 3. The van der Waals surface area contributed by atoms with Crippen LogP contribution in [-0.2, 0) is 19.0 Å². The van der Waals surface area contributed by atoms with E-state index in [0.717, 1.165) is 0 Å². The average molecular weight is 188 g/mol. The molecule has 4 nitrogen and oxygen atoms in total. The summed E-state index contributed by atoms with van der Waals surface area (Å²) in [4.78, 5) is 11.2. The van der Waals surface area contributed by atoms with E-state index in [0.29, 0.717) is 19.8 Å². The molecule has 1 aliphatic rings. The zero-order chi connectivity index (χ0) is 9.90. The van der Waals surface area contributed by atoms with E-state index in [2.05, 4.69) is 0 Å². The first kappa shape index (κ1) is 10.5. The number of hydrogen-bond acceptors (Lipinski definition) is 4. The van der Waals surface area contributed by atoms with Gasteiger partial charge in [0.2, 0.25) is 0 Å². The van der Waals surface area contributed by atoms with Crippen LogP contribution in [0, 0.1) is 0 Å². The first-order chi connectivity index (χ1) is 6.07. The number of rotatable bonds is 4. The molecule has 1 aliphatic heterocycles. The lowest BCUT2D eigenvalue weighted by Gasteiger charge is -2.39. The minimum absolute atomic E-state index is 0.299. The summed E-state index contributed by atoms with van der Waals surface area (Å²) >= 11 is 0. The second kappa shape index (κ2) is 4.07. The number of esters is 1. The smallest absolute Gasteiger partial charge is 0.334 e. The van der Waals surface area contributed by atoms with Gasteiger partial charge < -0.3 is 14.2 Å². The largest absolute Gasteiger partial charge is 0.464 e. The highest BCUT2D eigenvalue weighted by molar-refractivity contribution is 5.74. The highest BCUT2D eigenvalue weighted by Crippen LogP contribution is 2.22. The Hall–Kier alpha value is -0.610.